The van der Waals surface area contributed by atoms with Gasteiger partial charge in [-0.15, -0.1) is 11.8 Å². The van der Waals surface area contributed by atoms with E-state index in [9.17, 15) is 4.79 Å². The Morgan fingerprint density at radius 1 is 1.43 bits per heavy atom. The number of fused-ring (bicyclic) bond motifs is 3. The number of hydrogen-bond donors (Lipinski definition) is 0. The normalized spacial score (nSPS) is 21.0. The van der Waals surface area contributed by atoms with Gasteiger partial charge in [-0.25, -0.2) is 4.98 Å². The fourth-order valence-electron chi connectivity index (χ4n) is 4.27. The number of aromatic nitrogens is 1. The van der Waals surface area contributed by atoms with Crippen LogP contribution in [0.3, 0.4) is 0 Å². The lowest BCUT2D eigenvalue weighted by Gasteiger charge is -2.33. The Balaban J connectivity index is 1.48. The van der Waals surface area contributed by atoms with Crippen molar-refractivity contribution in [1.29, 1.82) is 0 Å². The highest BCUT2D eigenvalue weighted by molar-refractivity contribution is 7.99. The van der Waals surface area contributed by atoms with Gasteiger partial charge in [0.05, 0.1) is 30.6 Å². The van der Waals surface area contributed by atoms with E-state index in [1.54, 1.807) is 18.9 Å². The molecule has 6 nitrogen and oxygen atoms in total. The molecule has 0 spiro atoms. The minimum absolute atomic E-state index is 0.108. The minimum atomic E-state index is -0.108. The predicted octanol–water partition coefficient (Wildman–Crippen LogP) is 4.56. The SMILES string of the molecule is CCCCC(CC)COC(=O)CCSc1ccnc2c1OCC1CC(COC)CN21. The Hall–Kier alpha value is -1.47. The molecule has 3 heterocycles. The maximum atomic E-state index is 12.2. The topological polar surface area (TPSA) is 60.9 Å². The number of esters is 1. The highest BCUT2D eigenvalue weighted by atomic mass is 32.2. The summed E-state index contributed by atoms with van der Waals surface area (Å²) >= 11 is 1.65. The Labute approximate surface area is 185 Å². The number of nitrogens with zero attached hydrogens (tertiary/aromatic N) is 2. The van der Waals surface area contributed by atoms with E-state index in [1.807, 2.05) is 12.3 Å². The van der Waals surface area contributed by atoms with Crippen molar-refractivity contribution in [1.82, 2.24) is 4.98 Å². The molecule has 2 aliphatic rings. The number of anilines is 1. The molecule has 0 saturated carbocycles. The first-order valence-electron chi connectivity index (χ1n) is 11.3. The molecule has 3 atom stereocenters. The molecule has 3 unspecified atom stereocenters. The van der Waals surface area contributed by atoms with Crippen molar-refractivity contribution in [3.63, 3.8) is 0 Å². The molecule has 0 aromatic carbocycles. The van der Waals surface area contributed by atoms with Crippen LogP contribution in [0.4, 0.5) is 5.82 Å². The van der Waals surface area contributed by atoms with Crippen molar-refractivity contribution in [3.8, 4) is 5.75 Å². The van der Waals surface area contributed by atoms with E-state index >= 15 is 0 Å². The lowest BCUT2D eigenvalue weighted by atomic mass is 10.0. The molecule has 0 aliphatic carbocycles. The van der Waals surface area contributed by atoms with E-state index in [2.05, 4.69) is 23.7 Å². The molecule has 0 amide bonds. The third-order valence-corrected chi connectivity index (χ3v) is 7.07. The smallest absolute Gasteiger partial charge is 0.306 e. The van der Waals surface area contributed by atoms with Crippen molar-refractivity contribution in [2.75, 3.05) is 44.1 Å². The summed E-state index contributed by atoms with van der Waals surface area (Å²) in [6.07, 6.45) is 7.91. The van der Waals surface area contributed by atoms with Crippen molar-refractivity contribution < 1.29 is 19.0 Å². The molecule has 30 heavy (non-hydrogen) atoms. The van der Waals surface area contributed by atoms with E-state index in [1.165, 1.54) is 12.8 Å². The molecule has 1 aromatic heterocycles. The number of methoxy groups -OCH3 is 1. The van der Waals surface area contributed by atoms with E-state index in [0.717, 1.165) is 48.9 Å². The number of pyridine rings is 1. The molecule has 2 aliphatic heterocycles. The molecule has 3 rings (SSSR count). The van der Waals surface area contributed by atoms with Crippen molar-refractivity contribution in [3.05, 3.63) is 12.3 Å². The van der Waals surface area contributed by atoms with E-state index < -0.39 is 0 Å². The van der Waals surface area contributed by atoms with Gasteiger partial charge in [-0.1, -0.05) is 33.1 Å². The highest BCUT2D eigenvalue weighted by Crippen LogP contribution is 2.43. The first-order chi connectivity index (χ1) is 14.7. The average molecular weight is 437 g/mol. The molecule has 1 saturated heterocycles. The number of thioether (sulfide) groups is 1. The van der Waals surface area contributed by atoms with Crippen LogP contribution in [0.5, 0.6) is 5.75 Å². The van der Waals surface area contributed by atoms with E-state index in [-0.39, 0.29) is 5.97 Å². The van der Waals surface area contributed by atoms with Crippen LogP contribution in [-0.4, -0.2) is 56.2 Å². The van der Waals surface area contributed by atoms with Crippen LogP contribution in [0.25, 0.3) is 0 Å². The van der Waals surface area contributed by atoms with Crippen LogP contribution in [-0.2, 0) is 14.3 Å². The molecule has 0 bridgehead atoms. The summed E-state index contributed by atoms with van der Waals surface area (Å²) in [6, 6.07) is 2.36. The predicted molar refractivity (Wildman–Crippen MR) is 120 cm³/mol. The molecule has 1 fully saturated rings. The second kappa shape index (κ2) is 11.8. The molecule has 168 valence electrons. The first kappa shape index (κ1) is 23.2. The van der Waals surface area contributed by atoms with Gasteiger partial charge in [0.1, 0.15) is 6.61 Å². The molecule has 0 radical (unpaired) electrons. The lowest BCUT2D eigenvalue weighted by molar-refractivity contribution is -0.144. The Morgan fingerprint density at radius 2 is 2.30 bits per heavy atom. The van der Waals surface area contributed by atoms with Gasteiger partial charge >= 0.3 is 5.97 Å². The fraction of sp³-hybridized carbons (Fsp3) is 0.739. The molecular weight excluding hydrogens is 400 g/mol. The van der Waals surface area contributed by atoms with Crippen LogP contribution in [0.1, 0.15) is 52.4 Å². The maximum absolute atomic E-state index is 12.2. The van der Waals surface area contributed by atoms with Crippen LogP contribution in [0, 0.1) is 11.8 Å². The average Bonchev–Trinajstić information content (AvgIpc) is 3.17. The quantitative estimate of drug-likeness (QED) is 0.352. The number of carbonyl (C=O) groups excluding carboxylic acids is 1. The monoisotopic (exact) mass is 436 g/mol. The van der Waals surface area contributed by atoms with Crippen molar-refractivity contribution >= 4 is 23.5 Å². The standard InChI is InChI=1S/C23H36N2O4S/c1-4-6-7-17(5-2)15-28-21(26)9-11-30-20-8-10-24-23-22(20)29-16-19-12-18(14-27-3)13-25(19)23/h8,10,17-19H,4-7,9,11-16H2,1-3H3. The number of rotatable bonds is 12. The Kier molecular flexibility index (Phi) is 9.12. The maximum Gasteiger partial charge on any atom is 0.306 e. The van der Waals surface area contributed by atoms with Crippen LogP contribution in [0.2, 0.25) is 0 Å². The lowest BCUT2D eigenvalue weighted by Crippen LogP contribution is -2.39. The zero-order valence-electron chi connectivity index (χ0n) is 18.6. The summed E-state index contributed by atoms with van der Waals surface area (Å²) < 4.78 is 17.0. The van der Waals surface area contributed by atoms with Crippen molar-refractivity contribution in [2.45, 2.75) is 63.3 Å². The van der Waals surface area contributed by atoms with Gasteiger partial charge in [0.25, 0.3) is 0 Å². The van der Waals surface area contributed by atoms with Gasteiger partial charge in [0, 0.05) is 31.5 Å². The van der Waals surface area contributed by atoms with Gasteiger partial charge in [-0.05, 0) is 24.8 Å². The van der Waals surface area contributed by atoms with Crippen LogP contribution >= 0.6 is 11.8 Å². The molecule has 7 heteroatoms. The number of carbonyl (C=O) groups is 1. The fourth-order valence-corrected chi connectivity index (χ4v) is 5.19. The molecule has 0 N–H and O–H groups in total. The van der Waals surface area contributed by atoms with Crippen LogP contribution in [0.15, 0.2) is 17.2 Å². The summed E-state index contributed by atoms with van der Waals surface area (Å²) in [6.45, 7) is 7.32. The third-order valence-electron chi connectivity index (χ3n) is 6.03. The first-order valence-corrected chi connectivity index (χ1v) is 12.3. The second-order valence-corrected chi connectivity index (χ2v) is 9.47. The number of hydrogen-bond acceptors (Lipinski definition) is 7. The number of unbranched alkanes of at least 4 members (excludes halogenated alkanes) is 1. The zero-order valence-corrected chi connectivity index (χ0v) is 19.4. The van der Waals surface area contributed by atoms with E-state index in [4.69, 9.17) is 14.2 Å². The molecule has 1 aromatic rings. The van der Waals surface area contributed by atoms with Gasteiger partial charge in [-0.3, -0.25) is 4.79 Å². The van der Waals surface area contributed by atoms with Gasteiger partial charge in [0.2, 0.25) is 0 Å². The van der Waals surface area contributed by atoms with Gasteiger partial charge in [0.15, 0.2) is 11.6 Å². The summed E-state index contributed by atoms with van der Waals surface area (Å²) in [7, 11) is 1.76. The third kappa shape index (κ3) is 6.03. The number of ether oxygens (including phenoxy) is 3. The molecular formula is C23H36N2O4S. The minimum Gasteiger partial charge on any atom is -0.486 e. The van der Waals surface area contributed by atoms with Crippen molar-refractivity contribution in [2.24, 2.45) is 11.8 Å². The summed E-state index contributed by atoms with van der Waals surface area (Å²) in [5.74, 6) is 3.36. The summed E-state index contributed by atoms with van der Waals surface area (Å²) in [5.41, 5.74) is 0. The van der Waals surface area contributed by atoms with Crippen LogP contribution < -0.4 is 9.64 Å². The summed E-state index contributed by atoms with van der Waals surface area (Å²) in [4.78, 5) is 20.2. The van der Waals surface area contributed by atoms with E-state index in [0.29, 0.717) is 43.3 Å². The Bertz CT molecular complexity index is 687. The largest absolute Gasteiger partial charge is 0.486 e. The summed E-state index contributed by atoms with van der Waals surface area (Å²) in [5, 5.41) is 0. The Morgan fingerprint density at radius 3 is 3.07 bits per heavy atom. The van der Waals surface area contributed by atoms with Gasteiger partial charge < -0.3 is 19.1 Å². The highest BCUT2D eigenvalue weighted by Gasteiger charge is 2.38. The van der Waals surface area contributed by atoms with Gasteiger partial charge in [-0.2, -0.15) is 0 Å². The zero-order chi connectivity index (χ0) is 21.3. The second-order valence-electron chi connectivity index (χ2n) is 8.33.